The number of esters is 1. The van der Waals surface area contributed by atoms with Crippen molar-refractivity contribution in [1.29, 1.82) is 0 Å². The third-order valence-electron chi connectivity index (χ3n) is 8.26. The molecule has 0 radical (unpaired) electrons. The molecule has 1 aliphatic heterocycles. The van der Waals surface area contributed by atoms with E-state index in [0.29, 0.717) is 44.3 Å². The predicted molar refractivity (Wildman–Crippen MR) is 160 cm³/mol. The summed E-state index contributed by atoms with van der Waals surface area (Å²) in [5.74, 6) is 0.691. The Balaban J connectivity index is 1.32. The van der Waals surface area contributed by atoms with Crippen molar-refractivity contribution in [1.82, 2.24) is 0 Å². The normalized spacial score (nSPS) is 23.5. The van der Waals surface area contributed by atoms with Crippen LogP contribution in [0.15, 0.2) is 65.8 Å². The zero-order valence-corrected chi connectivity index (χ0v) is 25.2. The van der Waals surface area contributed by atoms with Crippen LogP contribution < -0.4 is 4.74 Å². The maximum Gasteiger partial charge on any atom is 0.337 e. The van der Waals surface area contributed by atoms with Gasteiger partial charge < -0.3 is 14.3 Å². The summed E-state index contributed by atoms with van der Waals surface area (Å²) >= 11 is 19.8. The van der Waals surface area contributed by atoms with Crippen LogP contribution in [-0.2, 0) is 15.0 Å². The number of halogens is 3. The van der Waals surface area contributed by atoms with Gasteiger partial charge in [0.25, 0.3) is 0 Å². The smallest absolute Gasteiger partial charge is 0.337 e. The molecule has 0 aromatic heterocycles. The number of hydrogen-bond acceptors (Lipinski definition) is 5. The van der Waals surface area contributed by atoms with Gasteiger partial charge in [0.05, 0.1) is 28.6 Å². The van der Waals surface area contributed by atoms with E-state index in [9.17, 15) is 4.79 Å². The number of carbonyl (C=O) groups is 1. The summed E-state index contributed by atoms with van der Waals surface area (Å²) < 4.78 is 11.1. The topological polar surface area (TPSA) is 57.1 Å². The third-order valence-corrected chi connectivity index (χ3v) is 9.22. The highest BCUT2D eigenvalue weighted by molar-refractivity contribution is 6.40. The van der Waals surface area contributed by atoms with Crippen LogP contribution in [0, 0.1) is 11.8 Å². The van der Waals surface area contributed by atoms with Crippen LogP contribution in [0.1, 0.15) is 66.6 Å². The van der Waals surface area contributed by atoms with Gasteiger partial charge in [0.2, 0.25) is 0 Å². The molecule has 3 aromatic rings. The van der Waals surface area contributed by atoms with E-state index in [1.807, 2.05) is 42.5 Å². The molecule has 4 unspecified atom stereocenters. The van der Waals surface area contributed by atoms with E-state index in [-0.39, 0.29) is 35.2 Å². The Kier molecular flexibility index (Phi) is 8.37. The number of rotatable bonds is 9. The fourth-order valence-corrected chi connectivity index (χ4v) is 6.79. The summed E-state index contributed by atoms with van der Waals surface area (Å²) in [6.07, 6.45) is 1.79. The Morgan fingerprint density at radius 1 is 1.05 bits per heavy atom. The minimum absolute atomic E-state index is 0.00802. The molecule has 0 bridgehead atoms. The van der Waals surface area contributed by atoms with Crippen molar-refractivity contribution in [2.24, 2.45) is 17.0 Å². The first kappa shape index (κ1) is 28.8. The van der Waals surface area contributed by atoms with Gasteiger partial charge >= 0.3 is 5.97 Å². The SMILES string of the molecule is CCC1(c2ccc(C(=O)OC)cc2)CC1c1ccc(OCC2C(c3c(Cl)cccc3Cl)=NOC2C(C)C)cc1Cl. The minimum Gasteiger partial charge on any atom is -0.493 e. The van der Waals surface area contributed by atoms with E-state index in [0.717, 1.165) is 18.4 Å². The van der Waals surface area contributed by atoms with Gasteiger partial charge in [-0.25, -0.2) is 4.79 Å². The molecule has 0 amide bonds. The van der Waals surface area contributed by atoms with Crippen molar-refractivity contribution in [3.8, 4) is 5.75 Å². The molecule has 5 rings (SSSR count). The van der Waals surface area contributed by atoms with Crippen molar-refractivity contribution in [3.05, 3.63) is 98.0 Å². The van der Waals surface area contributed by atoms with Gasteiger partial charge in [-0.1, -0.05) is 85.0 Å². The van der Waals surface area contributed by atoms with Crippen LogP contribution >= 0.6 is 34.8 Å². The molecular weight excluding hydrogens is 569 g/mol. The standard InChI is InChI=1S/C32H32Cl3NO4/c1-5-32(20-11-9-19(10-12-20)31(37)38-4)16-24(32)22-14-13-21(15-27(22)35)39-17-23-29(36-40-30(23)18(2)3)28-25(33)7-6-8-26(28)34/h6-15,18,23-24,30H,5,16-17H2,1-4H3. The molecule has 1 aliphatic carbocycles. The van der Waals surface area contributed by atoms with Crippen LogP contribution in [-0.4, -0.2) is 31.5 Å². The fourth-order valence-electron chi connectivity index (χ4n) is 5.90. The van der Waals surface area contributed by atoms with Crippen molar-refractivity contribution in [2.45, 2.75) is 51.0 Å². The molecule has 0 N–H and O–H groups in total. The van der Waals surface area contributed by atoms with Crippen LogP contribution in [0.5, 0.6) is 5.75 Å². The van der Waals surface area contributed by atoms with E-state index < -0.39 is 0 Å². The largest absolute Gasteiger partial charge is 0.493 e. The molecule has 210 valence electrons. The molecule has 0 saturated heterocycles. The highest BCUT2D eigenvalue weighted by Gasteiger charge is 2.55. The molecule has 3 aromatic carbocycles. The van der Waals surface area contributed by atoms with E-state index in [4.69, 9.17) is 49.1 Å². The summed E-state index contributed by atoms with van der Waals surface area (Å²) in [6.45, 7) is 6.72. The molecule has 0 spiro atoms. The maximum atomic E-state index is 11.9. The summed E-state index contributed by atoms with van der Waals surface area (Å²) in [5.41, 5.74) is 4.22. The second-order valence-electron chi connectivity index (χ2n) is 10.8. The lowest BCUT2D eigenvalue weighted by Crippen LogP contribution is -2.33. The summed E-state index contributed by atoms with van der Waals surface area (Å²) in [6, 6.07) is 19.0. The second-order valence-corrected chi connectivity index (χ2v) is 12.0. The Morgan fingerprint density at radius 2 is 1.75 bits per heavy atom. The van der Waals surface area contributed by atoms with Gasteiger partial charge in [0, 0.05) is 16.0 Å². The molecular formula is C32H32Cl3NO4. The molecule has 5 nitrogen and oxygen atoms in total. The van der Waals surface area contributed by atoms with Gasteiger partial charge in [-0.05, 0) is 72.2 Å². The van der Waals surface area contributed by atoms with E-state index in [2.05, 4.69) is 32.0 Å². The summed E-state index contributed by atoms with van der Waals surface area (Å²) in [5, 5.41) is 6.11. The zero-order valence-electron chi connectivity index (χ0n) is 22.9. The number of methoxy groups -OCH3 is 1. The van der Waals surface area contributed by atoms with Crippen molar-refractivity contribution >= 4 is 46.5 Å². The van der Waals surface area contributed by atoms with Crippen LogP contribution in [0.25, 0.3) is 0 Å². The third kappa shape index (κ3) is 5.32. The zero-order chi connectivity index (χ0) is 28.6. The van der Waals surface area contributed by atoms with Crippen molar-refractivity contribution < 1.29 is 19.1 Å². The van der Waals surface area contributed by atoms with Crippen LogP contribution in [0.2, 0.25) is 15.1 Å². The number of ether oxygens (including phenoxy) is 2. The summed E-state index contributed by atoms with van der Waals surface area (Å²) in [4.78, 5) is 17.7. The van der Waals surface area contributed by atoms with E-state index in [1.165, 1.54) is 12.7 Å². The Bertz CT molecular complexity index is 1420. The minimum atomic E-state index is -0.333. The van der Waals surface area contributed by atoms with E-state index >= 15 is 0 Å². The van der Waals surface area contributed by atoms with Crippen LogP contribution in [0.4, 0.5) is 0 Å². The highest BCUT2D eigenvalue weighted by atomic mass is 35.5. The molecule has 2 aliphatic rings. The van der Waals surface area contributed by atoms with Gasteiger partial charge in [-0.3, -0.25) is 0 Å². The molecule has 1 heterocycles. The molecule has 1 saturated carbocycles. The number of oxime groups is 1. The molecule has 4 atom stereocenters. The first-order valence-corrected chi connectivity index (χ1v) is 14.6. The average molecular weight is 601 g/mol. The number of nitrogens with zero attached hydrogens (tertiary/aromatic N) is 1. The average Bonchev–Trinajstić information content (AvgIpc) is 3.54. The number of benzene rings is 3. The Morgan fingerprint density at radius 3 is 2.35 bits per heavy atom. The van der Waals surface area contributed by atoms with Crippen molar-refractivity contribution in [3.63, 3.8) is 0 Å². The maximum absolute atomic E-state index is 11.9. The Hall–Kier alpha value is -2.73. The van der Waals surface area contributed by atoms with Crippen molar-refractivity contribution in [2.75, 3.05) is 13.7 Å². The lowest BCUT2D eigenvalue weighted by molar-refractivity contribution is 0.0178. The first-order chi connectivity index (χ1) is 19.2. The molecule has 40 heavy (non-hydrogen) atoms. The van der Waals surface area contributed by atoms with Gasteiger partial charge in [0.15, 0.2) is 0 Å². The predicted octanol–water partition coefficient (Wildman–Crippen LogP) is 8.72. The van der Waals surface area contributed by atoms with Gasteiger partial charge in [-0.2, -0.15) is 0 Å². The summed E-state index contributed by atoms with van der Waals surface area (Å²) in [7, 11) is 1.39. The van der Waals surface area contributed by atoms with Gasteiger partial charge in [-0.15, -0.1) is 0 Å². The lowest BCUT2D eigenvalue weighted by Gasteiger charge is -2.23. The van der Waals surface area contributed by atoms with Crippen LogP contribution in [0.3, 0.4) is 0 Å². The lowest BCUT2D eigenvalue weighted by atomic mass is 9.87. The Labute approximate surface area is 250 Å². The number of carbonyl (C=O) groups excluding carboxylic acids is 1. The second kappa shape index (κ2) is 11.6. The fraction of sp³-hybridized carbons (Fsp3) is 0.375. The quantitative estimate of drug-likeness (QED) is 0.231. The first-order valence-electron chi connectivity index (χ1n) is 13.5. The highest BCUT2D eigenvalue weighted by Crippen LogP contribution is 2.63. The van der Waals surface area contributed by atoms with E-state index in [1.54, 1.807) is 12.1 Å². The van der Waals surface area contributed by atoms with Gasteiger partial charge in [0.1, 0.15) is 24.2 Å². The molecule has 8 heteroatoms. The molecule has 1 fully saturated rings. The monoisotopic (exact) mass is 599 g/mol. The number of hydrogen-bond donors (Lipinski definition) is 0.